The Kier molecular flexibility index (Phi) is 5.07. The van der Waals surface area contributed by atoms with Crippen LogP contribution < -0.4 is 4.72 Å². The number of carbonyl (C=O) groups excluding carboxylic acids is 1. The molecule has 0 unspecified atom stereocenters. The Bertz CT molecular complexity index is 471. The summed E-state index contributed by atoms with van der Waals surface area (Å²) in [4.78, 5) is 12.6. The Balaban J connectivity index is 3.60. The Hall–Kier alpha value is 0.252. The van der Waals surface area contributed by atoms with E-state index in [1.807, 2.05) is 45.9 Å². The van der Waals surface area contributed by atoms with Crippen molar-refractivity contribution in [1.29, 1.82) is 0 Å². The van der Waals surface area contributed by atoms with Crippen molar-refractivity contribution in [3.63, 3.8) is 0 Å². The normalized spacial score (nSPS) is 14.5. The third-order valence-electron chi connectivity index (χ3n) is 2.89. The van der Waals surface area contributed by atoms with Gasteiger partial charge < -0.3 is 0 Å². The van der Waals surface area contributed by atoms with Gasteiger partial charge in [0.2, 0.25) is 0 Å². The molecule has 0 amide bonds. The van der Waals surface area contributed by atoms with Crippen LogP contribution in [0.1, 0.15) is 61.0 Å². The Morgan fingerprint density at radius 2 is 1.42 bits per heavy atom. The summed E-state index contributed by atoms with van der Waals surface area (Å²) in [5, 5.41) is 0. The van der Waals surface area contributed by atoms with Gasteiger partial charge in [0.15, 0.2) is 0 Å². The molecule has 0 radical (unpaired) electrons. The number of carbonyl (C=O) groups is 1. The van der Waals surface area contributed by atoms with E-state index in [-0.39, 0.29) is 11.8 Å². The molecule has 0 aliphatic carbocycles. The van der Waals surface area contributed by atoms with E-state index in [9.17, 15) is 4.79 Å². The first kappa shape index (κ1) is 17.3. The third-order valence-corrected chi connectivity index (χ3v) is 5.94. The summed E-state index contributed by atoms with van der Waals surface area (Å²) in [5.74, 6) is 0.319. The molecule has 0 bridgehead atoms. The van der Waals surface area contributed by atoms with E-state index >= 15 is 0 Å². The number of hydrogen-bond donors (Lipinski definition) is 1. The predicted molar refractivity (Wildman–Crippen MR) is 80.7 cm³/mol. The van der Waals surface area contributed by atoms with Crippen molar-refractivity contribution >= 4 is 34.8 Å². The quantitative estimate of drug-likeness (QED) is 0.809. The molecule has 2 N–H and O–H groups in total. The maximum atomic E-state index is 12.6. The maximum absolute atomic E-state index is 12.6. The molecule has 0 saturated heterocycles. The molecule has 0 aliphatic rings. The monoisotopic (exact) mass is 362 g/mol. The van der Waals surface area contributed by atoms with E-state index in [0.717, 1.165) is 11.1 Å². The fraction of sp³-hybridized carbons (Fsp3) is 0.462. The summed E-state index contributed by atoms with van der Waals surface area (Å²) in [6.45, 7) is 8.01. The van der Waals surface area contributed by atoms with Crippen LogP contribution in [-0.4, -0.2) is 4.65 Å². The van der Waals surface area contributed by atoms with E-state index < -0.39 is 14.1 Å². The Morgan fingerprint density at radius 1 is 1.05 bits per heavy atom. The molecular formula is C13H19Cl3CrNO. The van der Waals surface area contributed by atoms with Crippen LogP contribution in [0, 0.1) is 0 Å². The van der Waals surface area contributed by atoms with E-state index in [1.54, 1.807) is 0 Å². The van der Waals surface area contributed by atoms with Crippen LogP contribution in [-0.2, 0) is 9.46 Å². The minimum atomic E-state index is -4.77. The summed E-state index contributed by atoms with van der Waals surface area (Å²) >= 11 is 0. The van der Waals surface area contributed by atoms with Crippen molar-refractivity contribution in [3.05, 3.63) is 34.9 Å². The van der Waals surface area contributed by atoms with Crippen molar-refractivity contribution in [2.24, 2.45) is 4.72 Å². The van der Waals surface area contributed by atoms with E-state index in [2.05, 4.69) is 0 Å². The van der Waals surface area contributed by atoms with Gasteiger partial charge in [-0.1, -0.05) is 0 Å². The summed E-state index contributed by atoms with van der Waals surface area (Å²) in [6, 6.07) is 5.71. The van der Waals surface area contributed by atoms with Crippen LogP contribution in [0.5, 0.6) is 0 Å². The molecule has 2 nitrogen and oxygen atoms in total. The molecule has 0 heterocycles. The molecule has 0 spiro atoms. The number of hydrogen-bond acceptors (Lipinski definition) is 2. The second-order valence-corrected chi connectivity index (χ2v) is 18.1. The second-order valence-electron chi connectivity index (χ2n) is 5.20. The van der Waals surface area contributed by atoms with Gasteiger partial charge in [0.25, 0.3) is 0 Å². The first-order valence-electron chi connectivity index (χ1n) is 5.99. The van der Waals surface area contributed by atoms with Crippen LogP contribution in [0.3, 0.4) is 0 Å². The Morgan fingerprint density at radius 3 is 1.68 bits per heavy atom. The Labute approximate surface area is 128 Å². The molecule has 1 aromatic rings. The molecule has 0 aliphatic heterocycles. The second kappa shape index (κ2) is 5.56. The average Bonchev–Trinajstić information content (AvgIpc) is 2.24. The van der Waals surface area contributed by atoms with Crippen LogP contribution >= 0.6 is 30.1 Å². The van der Waals surface area contributed by atoms with Crippen LogP contribution in [0.25, 0.3) is 0 Å². The van der Waals surface area contributed by atoms with Crippen LogP contribution in [0.2, 0.25) is 0 Å². The predicted octanol–water partition coefficient (Wildman–Crippen LogP) is 5.10. The van der Waals surface area contributed by atoms with E-state index in [1.165, 1.54) is 0 Å². The number of halogens is 3. The number of rotatable bonds is 4. The van der Waals surface area contributed by atoms with Crippen LogP contribution in [0.15, 0.2) is 18.2 Å². The first-order valence-corrected chi connectivity index (χ1v) is 12.6. The molecule has 0 fully saturated rings. The summed E-state index contributed by atoms with van der Waals surface area (Å²) < 4.78 is 5.19. The van der Waals surface area contributed by atoms with Gasteiger partial charge in [0, 0.05) is 0 Å². The summed E-state index contributed by atoms with van der Waals surface area (Å²) in [5.41, 5.74) is 2.26. The van der Waals surface area contributed by atoms with Crippen molar-refractivity contribution in [2.45, 2.75) is 39.5 Å². The zero-order valence-electron chi connectivity index (χ0n) is 11.4. The molecule has 0 atom stereocenters. The third kappa shape index (κ3) is 4.11. The molecular weight excluding hydrogens is 345 g/mol. The first-order chi connectivity index (χ1) is 8.42. The SMILES string of the molecule is CC(C)c1cccc(C(C)C)c1[C](=O)[Cr]([NH2])([Cl])([Cl])[Cl]. The van der Waals surface area contributed by atoms with Gasteiger partial charge in [-0.05, 0) is 0 Å². The fourth-order valence-electron chi connectivity index (χ4n) is 1.96. The van der Waals surface area contributed by atoms with Gasteiger partial charge in [0.05, 0.1) is 0 Å². The summed E-state index contributed by atoms with van der Waals surface area (Å²) in [7, 11) is 13.1. The molecule has 19 heavy (non-hydrogen) atoms. The molecule has 0 aromatic heterocycles. The fourth-order valence-corrected chi connectivity index (χ4v) is 3.83. The van der Waals surface area contributed by atoms with Gasteiger partial charge in [-0.15, -0.1) is 0 Å². The van der Waals surface area contributed by atoms with Gasteiger partial charge >= 0.3 is 128 Å². The molecule has 1 aromatic carbocycles. The van der Waals surface area contributed by atoms with E-state index in [0.29, 0.717) is 5.56 Å². The van der Waals surface area contributed by atoms with Crippen molar-refractivity contribution in [2.75, 3.05) is 0 Å². The van der Waals surface area contributed by atoms with Gasteiger partial charge in [0.1, 0.15) is 0 Å². The van der Waals surface area contributed by atoms with E-state index in [4.69, 9.17) is 34.9 Å². The van der Waals surface area contributed by atoms with Crippen molar-refractivity contribution in [3.8, 4) is 0 Å². The van der Waals surface area contributed by atoms with Gasteiger partial charge in [-0.3, -0.25) is 0 Å². The molecule has 0 saturated carbocycles. The molecule has 109 valence electrons. The number of benzene rings is 1. The standard InChI is InChI=1S/C13H17O.3ClH.Cr.H2N/c1-9(2)11-6-5-7-12(10(3)4)13(11)8-14;;;;;/h5-7,9-10H,1-4H3;3*1H;;1H2/q;;;;+4;-1/p-3. The molecule has 1 rings (SSSR count). The zero-order chi connectivity index (χ0) is 15.0. The molecule has 6 heteroatoms. The van der Waals surface area contributed by atoms with Gasteiger partial charge in [-0.25, -0.2) is 0 Å². The minimum absolute atomic E-state index is 0.160. The average molecular weight is 364 g/mol. The van der Waals surface area contributed by atoms with Gasteiger partial charge in [-0.2, -0.15) is 0 Å². The van der Waals surface area contributed by atoms with Crippen LogP contribution in [0.4, 0.5) is 0 Å². The zero-order valence-corrected chi connectivity index (χ0v) is 15.0. The topological polar surface area (TPSA) is 43.1 Å². The van der Waals surface area contributed by atoms with Crippen molar-refractivity contribution < 1.29 is 14.3 Å². The summed E-state index contributed by atoms with van der Waals surface area (Å²) in [6.07, 6.45) is 0. The number of nitrogens with two attached hydrogens (primary N) is 1. The van der Waals surface area contributed by atoms with Crippen molar-refractivity contribution in [1.82, 2.24) is 0 Å².